The summed E-state index contributed by atoms with van der Waals surface area (Å²) in [5.74, 6) is 0.745. The Labute approximate surface area is 331 Å². The number of rotatable bonds is 16. The molecular formula is C40H56N8O6S2. The lowest BCUT2D eigenvalue weighted by atomic mass is 10.0. The Kier molecular flexibility index (Phi) is 12.9. The molecule has 4 aromatic rings. The van der Waals surface area contributed by atoms with Crippen molar-refractivity contribution in [1.82, 2.24) is 39.2 Å². The van der Waals surface area contributed by atoms with Gasteiger partial charge in [0.2, 0.25) is 26.0 Å². The summed E-state index contributed by atoms with van der Waals surface area (Å²) in [5, 5.41) is 11.4. The summed E-state index contributed by atoms with van der Waals surface area (Å²) in [6.07, 6.45) is 5.80. The number of carbonyl (C=O) groups is 1. The molecule has 2 aromatic heterocycles. The maximum Gasteiger partial charge on any atom is 0.241 e. The zero-order valence-electron chi connectivity index (χ0n) is 33.1. The highest BCUT2D eigenvalue weighted by molar-refractivity contribution is 7.89. The number of hydrogen-bond donors (Lipinski definition) is 5. The molecule has 3 unspecified atom stereocenters. The molecule has 56 heavy (non-hydrogen) atoms. The maximum atomic E-state index is 13.6. The highest BCUT2D eigenvalue weighted by Crippen LogP contribution is 2.36. The van der Waals surface area contributed by atoms with Gasteiger partial charge in [-0.2, -0.15) is 0 Å². The lowest BCUT2D eigenvalue weighted by Crippen LogP contribution is -2.54. The first-order chi connectivity index (χ1) is 26.6. The number of nitrogens with zero attached hydrogens (tertiary/aromatic N) is 4. The third kappa shape index (κ3) is 9.27. The van der Waals surface area contributed by atoms with Gasteiger partial charge >= 0.3 is 0 Å². The first-order valence-electron chi connectivity index (χ1n) is 19.7. The van der Waals surface area contributed by atoms with E-state index in [1.54, 1.807) is 31.1 Å². The van der Waals surface area contributed by atoms with Crippen LogP contribution in [0.3, 0.4) is 0 Å². The summed E-state index contributed by atoms with van der Waals surface area (Å²) in [6, 6.07) is 14.5. The van der Waals surface area contributed by atoms with E-state index in [1.807, 2.05) is 56.9 Å². The molecule has 0 radical (unpaired) electrons. The molecule has 2 fully saturated rings. The Morgan fingerprint density at radius 1 is 0.732 bits per heavy atom. The Bertz CT molecular complexity index is 2170. The molecule has 5 N–H and O–H groups in total. The van der Waals surface area contributed by atoms with Crippen LogP contribution in [0.15, 0.2) is 60.9 Å². The highest BCUT2D eigenvalue weighted by atomic mass is 32.2. The molecule has 0 aliphatic carbocycles. The third-order valence-electron chi connectivity index (χ3n) is 11.1. The fourth-order valence-corrected chi connectivity index (χ4v) is 9.57. The van der Waals surface area contributed by atoms with Gasteiger partial charge in [-0.1, -0.05) is 76.2 Å². The first-order valence-corrected chi connectivity index (χ1v) is 23.0. The number of sulfonamides is 2. The molecule has 5 atom stereocenters. The molecule has 6 rings (SSSR count). The molecule has 0 bridgehead atoms. The van der Waals surface area contributed by atoms with Gasteiger partial charge in [0.25, 0.3) is 0 Å². The van der Waals surface area contributed by atoms with Crippen LogP contribution in [0.2, 0.25) is 0 Å². The molecule has 2 aliphatic heterocycles. The summed E-state index contributed by atoms with van der Waals surface area (Å²) < 4.78 is 54.7. The fraction of sp³-hybridized carbons (Fsp3) is 0.525. The minimum absolute atomic E-state index is 0.0497. The predicted molar refractivity (Wildman–Crippen MR) is 218 cm³/mol. The second-order valence-corrected chi connectivity index (χ2v) is 19.6. The van der Waals surface area contributed by atoms with Gasteiger partial charge in [-0.3, -0.25) is 9.69 Å². The quantitative estimate of drug-likeness (QED) is 0.101. The van der Waals surface area contributed by atoms with Gasteiger partial charge in [0, 0.05) is 13.1 Å². The molecular weight excluding hydrogens is 753 g/mol. The van der Waals surface area contributed by atoms with Crippen LogP contribution in [-0.4, -0.2) is 100 Å². The molecule has 2 aromatic carbocycles. The molecule has 1 amide bonds. The number of imidazole rings is 2. The summed E-state index contributed by atoms with van der Waals surface area (Å²) in [5.41, 5.74) is 5.70. The molecule has 2 aliphatic rings. The average Bonchev–Trinajstić information content (AvgIpc) is 4.02. The van der Waals surface area contributed by atoms with E-state index in [9.17, 15) is 26.7 Å². The van der Waals surface area contributed by atoms with E-state index >= 15 is 0 Å². The van der Waals surface area contributed by atoms with E-state index in [-0.39, 0.29) is 41.3 Å². The zero-order valence-corrected chi connectivity index (χ0v) is 34.7. The highest BCUT2D eigenvalue weighted by Gasteiger charge is 2.40. The number of likely N-dealkylation sites (tertiary alicyclic amines) is 2. The number of carbonyl (C=O) groups excluding carboxylic acids is 1. The van der Waals surface area contributed by atoms with Crippen LogP contribution < -0.4 is 9.44 Å². The maximum absolute atomic E-state index is 13.6. The Morgan fingerprint density at radius 3 is 1.70 bits per heavy atom. The number of aromatic amines is 2. The van der Waals surface area contributed by atoms with Crippen molar-refractivity contribution in [3.63, 3.8) is 0 Å². The lowest BCUT2D eigenvalue weighted by Gasteiger charge is -2.36. The fourth-order valence-electron chi connectivity index (χ4n) is 7.67. The van der Waals surface area contributed by atoms with Gasteiger partial charge in [-0.25, -0.2) is 36.2 Å². The molecule has 4 heterocycles. The van der Waals surface area contributed by atoms with Gasteiger partial charge < -0.3 is 20.0 Å². The van der Waals surface area contributed by atoms with Gasteiger partial charge in [-0.05, 0) is 73.6 Å². The molecule has 2 saturated heterocycles. The van der Waals surface area contributed by atoms with E-state index in [0.29, 0.717) is 18.9 Å². The summed E-state index contributed by atoms with van der Waals surface area (Å²) in [4.78, 5) is 33.5. The summed E-state index contributed by atoms with van der Waals surface area (Å²) >= 11 is 0. The second kappa shape index (κ2) is 17.3. The molecule has 304 valence electrons. The van der Waals surface area contributed by atoms with Crippen LogP contribution in [0, 0.1) is 11.8 Å². The van der Waals surface area contributed by atoms with Gasteiger partial charge in [0.05, 0.1) is 53.4 Å². The summed E-state index contributed by atoms with van der Waals surface area (Å²) in [6.45, 7) is 11.8. The molecule has 0 saturated carbocycles. The van der Waals surface area contributed by atoms with Crippen molar-refractivity contribution in [3.05, 3.63) is 72.6 Å². The van der Waals surface area contributed by atoms with Gasteiger partial charge in [-0.15, -0.1) is 0 Å². The number of amides is 1. The van der Waals surface area contributed by atoms with Crippen molar-refractivity contribution in [2.45, 2.75) is 97.6 Å². The lowest BCUT2D eigenvalue weighted by molar-refractivity contribution is -0.135. The second-order valence-electron chi connectivity index (χ2n) is 15.6. The number of aromatic nitrogens is 4. The van der Waals surface area contributed by atoms with E-state index in [2.05, 4.69) is 48.7 Å². The minimum atomic E-state index is -3.55. The summed E-state index contributed by atoms with van der Waals surface area (Å²) in [7, 11) is -7.05. The van der Waals surface area contributed by atoms with E-state index < -0.39 is 38.4 Å². The van der Waals surface area contributed by atoms with Crippen molar-refractivity contribution >= 4 is 26.0 Å². The standard InChI is InChI=1S/C40H56N8O6S2/c1-7-55(51,52)45-35(25(3)4)39(49)47-21-9-11-33(47)37-41-23-31(43-37)29-17-13-27(14-18-29)28-15-19-30(20-16-28)32-24-42-38(44-32)34-12-10-22-48(34)40(50)36(26(5)6)46-56(53,54)8-2/h13-20,23-26,33-36,39,45-46,49H,7-12,21-22H2,1-6H3,(H,41,43)(H,42,44)/t33?,34?,35-,36-,39?/m1/s1. The van der Waals surface area contributed by atoms with Crippen molar-refractivity contribution < 1.29 is 26.7 Å². The molecule has 0 spiro atoms. The van der Waals surface area contributed by atoms with E-state index in [4.69, 9.17) is 4.98 Å². The number of nitrogens with one attached hydrogen (secondary N) is 4. The predicted octanol–water partition coefficient (Wildman–Crippen LogP) is 5.18. The number of benzene rings is 2. The first kappa shape index (κ1) is 41.7. The van der Waals surface area contributed by atoms with Crippen molar-refractivity contribution in [2.75, 3.05) is 24.6 Å². The van der Waals surface area contributed by atoms with Crippen LogP contribution >= 0.6 is 0 Å². The van der Waals surface area contributed by atoms with Crippen molar-refractivity contribution in [3.8, 4) is 33.6 Å². The number of aliphatic hydroxyl groups excluding tert-OH is 1. The Balaban J connectivity index is 1.11. The molecule has 16 heteroatoms. The van der Waals surface area contributed by atoms with Gasteiger partial charge in [0.15, 0.2) is 0 Å². The largest absolute Gasteiger partial charge is 0.377 e. The Hall–Kier alpha value is -3.93. The minimum Gasteiger partial charge on any atom is -0.377 e. The zero-order chi connectivity index (χ0) is 40.4. The van der Waals surface area contributed by atoms with Gasteiger partial charge in [0.1, 0.15) is 23.9 Å². The van der Waals surface area contributed by atoms with Crippen LogP contribution in [0.1, 0.15) is 91.0 Å². The van der Waals surface area contributed by atoms with Crippen LogP contribution in [0.25, 0.3) is 33.6 Å². The third-order valence-corrected chi connectivity index (χ3v) is 13.8. The topological polar surface area (TPSA) is 193 Å². The number of aliphatic hydroxyl groups is 1. The van der Waals surface area contributed by atoms with Crippen LogP contribution in [0.4, 0.5) is 0 Å². The van der Waals surface area contributed by atoms with Crippen molar-refractivity contribution in [1.29, 1.82) is 0 Å². The molecule has 14 nitrogen and oxygen atoms in total. The normalized spacial score (nSPS) is 19.9. The Morgan fingerprint density at radius 2 is 1.20 bits per heavy atom. The van der Waals surface area contributed by atoms with Crippen LogP contribution in [0.5, 0.6) is 0 Å². The van der Waals surface area contributed by atoms with E-state index in [1.165, 1.54) is 0 Å². The monoisotopic (exact) mass is 808 g/mol. The average molecular weight is 809 g/mol. The SMILES string of the molecule is CCS(=O)(=O)N[C@H](C(C)C)C(O)N1CCCC1c1ncc(-c2ccc(-c3ccc(-c4cnc(C5CCCN5C(=O)[C@H](NS(=O)(=O)CC)C(C)C)[nH]4)cc3)cc2)[nH]1. The number of hydrogen-bond acceptors (Lipinski definition) is 9. The van der Waals surface area contributed by atoms with Crippen molar-refractivity contribution in [2.24, 2.45) is 11.8 Å². The van der Waals surface area contributed by atoms with E-state index in [0.717, 1.165) is 65.1 Å². The smallest absolute Gasteiger partial charge is 0.241 e. The number of H-pyrrole nitrogens is 2. The van der Waals surface area contributed by atoms with Crippen LogP contribution in [-0.2, 0) is 24.8 Å².